The zero-order valence-electron chi connectivity index (χ0n) is 10.4. The molecule has 0 aromatic rings. The molecule has 7 heteroatoms. The minimum atomic E-state index is -3.30. The number of halogens is 1. The molecule has 0 radical (unpaired) electrons. The monoisotopic (exact) mass is 341 g/mol. The van der Waals surface area contributed by atoms with Crippen LogP contribution in [0.2, 0.25) is 0 Å². The van der Waals surface area contributed by atoms with E-state index in [2.05, 4.69) is 20.7 Å². The van der Waals surface area contributed by atoms with E-state index >= 15 is 0 Å². The molecule has 0 aromatic heterocycles. The van der Waals surface area contributed by atoms with Gasteiger partial charge in [-0.05, 0) is 25.7 Å². The molecule has 2 aliphatic heterocycles. The van der Waals surface area contributed by atoms with E-state index in [1.54, 1.807) is 0 Å². The maximum atomic E-state index is 12.2. The van der Waals surface area contributed by atoms with Crippen molar-refractivity contribution in [3.05, 3.63) is 0 Å². The Kier molecular flexibility index (Phi) is 5.05. The second-order valence-corrected chi connectivity index (χ2v) is 7.37. The molecule has 2 fully saturated rings. The van der Waals surface area contributed by atoms with Crippen LogP contribution in [0.15, 0.2) is 0 Å². The third kappa shape index (κ3) is 3.90. The van der Waals surface area contributed by atoms with Crippen LogP contribution < -0.4 is 4.72 Å². The third-order valence-electron chi connectivity index (χ3n) is 3.51. The Morgan fingerprint density at radius 3 is 2.56 bits per heavy atom. The average molecular weight is 342 g/mol. The summed E-state index contributed by atoms with van der Waals surface area (Å²) in [5.41, 5.74) is -0.393. The largest absolute Gasteiger partial charge is 0.381 e. The van der Waals surface area contributed by atoms with Crippen molar-refractivity contribution >= 4 is 26.0 Å². The fourth-order valence-corrected chi connectivity index (χ4v) is 5.08. The Bertz CT molecular complexity index is 361. The van der Waals surface area contributed by atoms with E-state index in [4.69, 9.17) is 9.47 Å². The van der Waals surface area contributed by atoms with E-state index < -0.39 is 15.6 Å². The van der Waals surface area contributed by atoms with Crippen molar-refractivity contribution in [3.63, 3.8) is 0 Å². The molecule has 1 unspecified atom stereocenters. The molecule has 2 heterocycles. The lowest BCUT2D eigenvalue weighted by molar-refractivity contribution is 0.0555. The van der Waals surface area contributed by atoms with Gasteiger partial charge in [0.25, 0.3) is 0 Å². The minimum Gasteiger partial charge on any atom is -0.381 e. The predicted octanol–water partition coefficient (Wildman–Crippen LogP) is 1.03. The molecule has 0 amide bonds. The Morgan fingerprint density at radius 2 is 2.00 bits per heavy atom. The van der Waals surface area contributed by atoms with Gasteiger partial charge in [-0.1, -0.05) is 15.9 Å². The highest BCUT2D eigenvalue weighted by Gasteiger charge is 2.36. The van der Waals surface area contributed by atoms with Crippen LogP contribution in [-0.2, 0) is 19.5 Å². The molecule has 0 bridgehead atoms. The topological polar surface area (TPSA) is 64.6 Å². The van der Waals surface area contributed by atoms with Crippen LogP contribution in [-0.4, -0.2) is 51.0 Å². The standard InChI is InChI=1S/C11H20BrNO4S/c12-9-11(3-6-16-7-4-11)13-18(14,15)8-10-2-1-5-17-10/h10,13H,1-9H2. The van der Waals surface area contributed by atoms with Gasteiger partial charge in [0.05, 0.1) is 11.9 Å². The Balaban J connectivity index is 1.96. The summed E-state index contributed by atoms with van der Waals surface area (Å²) >= 11 is 3.42. The Labute approximate surface area is 117 Å². The van der Waals surface area contributed by atoms with Gasteiger partial charge in [0, 0.05) is 30.7 Å². The maximum absolute atomic E-state index is 12.2. The molecule has 2 saturated heterocycles. The van der Waals surface area contributed by atoms with Crippen molar-refractivity contribution in [1.82, 2.24) is 4.72 Å². The number of hydrogen-bond acceptors (Lipinski definition) is 4. The van der Waals surface area contributed by atoms with Gasteiger partial charge >= 0.3 is 0 Å². The van der Waals surface area contributed by atoms with Crippen molar-refractivity contribution in [2.24, 2.45) is 0 Å². The van der Waals surface area contributed by atoms with Crippen molar-refractivity contribution in [3.8, 4) is 0 Å². The Hall–Kier alpha value is 0.310. The van der Waals surface area contributed by atoms with Crippen LogP contribution in [0.4, 0.5) is 0 Å². The molecule has 2 aliphatic rings. The first kappa shape index (κ1) is 14.7. The lowest BCUT2D eigenvalue weighted by Gasteiger charge is -2.36. The van der Waals surface area contributed by atoms with Crippen LogP contribution in [0.1, 0.15) is 25.7 Å². The van der Waals surface area contributed by atoms with Gasteiger partial charge in [-0.2, -0.15) is 0 Å². The van der Waals surface area contributed by atoms with Gasteiger partial charge in [0.2, 0.25) is 10.0 Å². The second-order valence-electron chi connectivity index (χ2n) is 5.04. The molecular weight excluding hydrogens is 322 g/mol. The first-order valence-corrected chi connectivity index (χ1v) is 9.10. The first-order valence-electron chi connectivity index (χ1n) is 6.32. The summed E-state index contributed by atoms with van der Waals surface area (Å²) in [4.78, 5) is 0. The van der Waals surface area contributed by atoms with Crippen molar-refractivity contribution in [2.45, 2.75) is 37.3 Å². The highest BCUT2D eigenvalue weighted by Crippen LogP contribution is 2.25. The SMILES string of the molecule is O=S(=O)(CC1CCCO1)NC1(CBr)CCOCC1. The first-order chi connectivity index (χ1) is 8.55. The van der Waals surface area contributed by atoms with Crippen molar-refractivity contribution in [2.75, 3.05) is 30.9 Å². The molecule has 0 saturated carbocycles. The van der Waals surface area contributed by atoms with Crippen LogP contribution in [0.3, 0.4) is 0 Å². The number of rotatable bonds is 5. The molecule has 0 aromatic carbocycles. The van der Waals surface area contributed by atoms with Gasteiger partial charge in [0.15, 0.2) is 0 Å². The second kappa shape index (κ2) is 6.17. The summed E-state index contributed by atoms with van der Waals surface area (Å²) in [7, 11) is -3.30. The van der Waals surface area contributed by atoms with Gasteiger partial charge in [-0.25, -0.2) is 13.1 Å². The molecule has 1 atom stereocenters. The van der Waals surface area contributed by atoms with E-state index in [-0.39, 0.29) is 11.9 Å². The van der Waals surface area contributed by atoms with E-state index in [1.165, 1.54) is 0 Å². The third-order valence-corrected chi connectivity index (χ3v) is 6.14. The van der Waals surface area contributed by atoms with E-state index in [1.807, 2.05) is 0 Å². The number of ether oxygens (including phenoxy) is 2. The van der Waals surface area contributed by atoms with E-state index in [0.717, 1.165) is 12.8 Å². The molecule has 0 aliphatic carbocycles. The summed E-state index contributed by atoms with van der Waals surface area (Å²) in [6.45, 7) is 1.89. The highest BCUT2D eigenvalue weighted by atomic mass is 79.9. The van der Waals surface area contributed by atoms with E-state index in [9.17, 15) is 8.42 Å². The molecule has 5 nitrogen and oxygen atoms in total. The van der Waals surface area contributed by atoms with Gasteiger partial charge in [-0.3, -0.25) is 0 Å². The summed E-state index contributed by atoms with van der Waals surface area (Å²) in [5.74, 6) is 0.0720. The summed E-state index contributed by atoms with van der Waals surface area (Å²) in [6.07, 6.45) is 3.07. The molecule has 2 rings (SSSR count). The lowest BCUT2D eigenvalue weighted by Crippen LogP contribution is -2.54. The number of nitrogens with one attached hydrogen (secondary N) is 1. The molecule has 106 valence electrons. The fourth-order valence-electron chi connectivity index (χ4n) is 2.42. The highest BCUT2D eigenvalue weighted by molar-refractivity contribution is 9.09. The van der Waals surface area contributed by atoms with Gasteiger partial charge in [-0.15, -0.1) is 0 Å². The fraction of sp³-hybridized carbons (Fsp3) is 1.00. The summed E-state index contributed by atoms with van der Waals surface area (Å²) in [5, 5.41) is 0.619. The number of sulfonamides is 1. The van der Waals surface area contributed by atoms with Crippen molar-refractivity contribution in [1.29, 1.82) is 0 Å². The average Bonchev–Trinajstić information content (AvgIpc) is 2.81. The van der Waals surface area contributed by atoms with Crippen LogP contribution >= 0.6 is 15.9 Å². The van der Waals surface area contributed by atoms with Crippen LogP contribution in [0.25, 0.3) is 0 Å². The molecule has 18 heavy (non-hydrogen) atoms. The number of alkyl halides is 1. The van der Waals surface area contributed by atoms with E-state index in [0.29, 0.717) is 38.0 Å². The smallest absolute Gasteiger partial charge is 0.214 e. The molecular formula is C11H20BrNO4S. The van der Waals surface area contributed by atoms with Crippen LogP contribution in [0.5, 0.6) is 0 Å². The quantitative estimate of drug-likeness (QED) is 0.758. The predicted molar refractivity (Wildman–Crippen MR) is 72.5 cm³/mol. The molecule has 0 spiro atoms. The summed E-state index contributed by atoms with van der Waals surface area (Å²) < 4.78 is 37.9. The minimum absolute atomic E-state index is 0.0720. The number of hydrogen-bond donors (Lipinski definition) is 1. The van der Waals surface area contributed by atoms with Crippen molar-refractivity contribution < 1.29 is 17.9 Å². The van der Waals surface area contributed by atoms with Crippen LogP contribution in [0, 0.1) is 0 Å². The molecule has 1 N–H and O–H groups in total. The normalized spacial score (nSPS) is 28.4. The lowest BCUT2D eigenvalue weighted by atomic mass is 9.94. The zero-order chi connectivity index (χ0) is 13.1. The summed E-state index contributed by atoms with van der Waals surface area (Å²) in [6, 6.07) is 0. The van der Waals surface area contributed by atoms with Gasteiger partial charge in [0.1, 0.15) is 0 Å². The zero-order valence-corrected chi connectivity index (χ0v) is 12.8. The Morgan fingerprint density at radius 1 is 1.28 bits per heavy atom. The maximum Gasteiger partial charge on any atom is 0.214 e. The van der Waals surface area contributed by atoms with Gasteiger partial charge < -0.3 is 9.47 Å².